The summed E-state index contributed by atoms with van der Waals surface area (Å²) in [5.41, 5.74) is 0. The summed E-state index contributed by atoms with van der Waals surface area (Å²) in [6, 6.07) is 0.494. The summed E-state index contributed by atoms with van der Waals surface area (Å²) in [5.74, 6) is 0. The van der Waals surface area contributed by atoms with Crippen molar-refractivity contribution < 1.29 is 32.7 Å². The van der Waals surface area contributed by atoms with Crippen molar-refractivity contribution in [2.75, 3.05) is 66.5 Å². The number of hydrogen-bond acceptors (Lipinski definition) is 3. The number of nitrogens with zero attached hydrogens (tertiary/aromatic N) is 4. The van der Waals surface area contributed by atoms with Crippen molar-refractivity contribution in [1.29, 1.82) is 0 Å². The Balaban J connectivity index is 0. The van der Waals surface area contributed by atoms with Gasteiger partial charge in [-0.15, -0.1) is 12.6 Å². The van der Waals surface area contributed by atoms with Gasteiger partial charge in [0.05, 0.1) is 0 Å². The van der Waals surface area contributed by atoms with E-state index in [9.17, 15) is 0 Å². The molecule has 1 saturated heterocycles. The van der Waals surface area contributed by atoms with Crippen LogP contribution in [0.3, 0.4) is 0 Å². The largest absolute Gasteiger partial charge is 0.660 e. The van der Waals surface area contributed by atoms with Crippen LogP contribution in [0.25, 0.3) is 5.32 Å². The van der Waals surface area contributed by atoms with Gasteiger partial charge in [0, 0.05) is 58.9 Å². The standard InChI is InChI=1S/C15H33N4.C2H6.Y/c1-15(2)16-7-5-9-18-11-13-19(14-12-18)10-6-8-17(3)4;1-2;/h15H,5-14H2,1-4H3;1-2H3;/q-1;;. The van der Waals surface area contributed by atoms with Gasteiger partial charge >= 0.3 is 0 Å². The second kappa shape index (κ2) is 16.8. The van der Waals surface area contributed by atoms with E-state index in [4.69, 9.17) is 0 Å². The molecule has 1 aliphatic heterocycles. The first-order valence-corrected chi connectivity index (χ1v) is 8.84. The van der Waals surface area contributed by atoms with E-state index in [2.05, 4.69) is 48.0 Å². The molecule has 1 radical (unpaired) electrons. The molecule has 0 N–H and O–H groups in total. The molecular weight excluding hydrogens is 349 g/mol. The van der Waals surface area contributed by atoms with Gasteiger partial charge in [-0.25, -0.2) is 0 Å². The van der Waals surface area contributed by atoms with Crippen molar-refractivity contribution in [2.45, 2.75) is 46.6 Å². The summed E-state index contributed by atoms with van der Waals surface area (Å²) in [4.78, 5) is 7.48. The fourth-order valence-corrected chi connectivity index (χ4v) is 2.49. The Bertz CT molecular complexity index is 217. The maximum atomic E-state index is 4.54. The Hall–Kier alpha value is 0.944. The van der Waals surface area contributed by atoms with Gasteiger partial charge in [-0.2, -0.15) is 0 Å². The Morgan fingerprint density at radius 3 is 1.77 bits per heavy atom. The monoisotopic (exact) mass is 388 g/mol. The van der Waals surface area contributed by atoms with E-state index in [0.29, 0.717) is 6.04 Å². The third kappa shape index (κ3) is 14.5. The molecule has 131 valence electrons. The van der Waals surface area contributed by atoms with Crippen LogP contribution in [0.15, 0.2) is 0 Å². The molecule has 0 atom stereocenters. The molecule has 22 heavy (non-hydrogen) atoms. The van der Waals surface area contributed by atoms with Crippen LogP contribution in [0.4, 0.5) is 0 Å². The van der Waals surface area contributed by atoms with E-state index in [1.807, 2.05) is 13.8 Å². The first-order valence-electron chi connectivity index (χ1n) is 8.84. The van der Waals surface area contributed by atoms with Crippen molar-refractivity contribution in [3.8, 4) is 0 Å². The second-order valence-electron chi connectivity index (χ2n) is 6.19. The average molecular weight is 388 g/mol. The molecule has 0 bridgehead atoms. The molecule has 0 amide bonds. The quantitative estimate of drug-likeness (QED) is 0.568. The van der Waals surface area contributed by atoms with Crippen LogP contribution in [0.5, 0.6) is 0 Å². The summed E-state index contributed by atoms with van der Waals surface area (Å²) >= 11 is 0. The Kier molecular flexibility index (Phi) is 19.2. The zero-order valence-electron chi connectivity index (χ0n) is 16.0. The Labute approximate surface area is 165 Å². The van der Waals surface area contributed by atoms with Gasteiger partial charge in [0.1, 0.15) is 0 Å². The fourth-order valence-electron chi connectivity index (χ4n) is 2.49. The summed E-state index contributed by atoms with van der Waals surface area (Å²) in [6.07, 6.45) is 2.51. The molecule has 0 saturated carbocycles. The third-order valence-electron chi connectivity index (χ3n) is 3.67. The maximum absolute atomic E-state index is 4.54. The van der Waals surface area contributed by atoms with Crippen molar-refractivity contribution in [3.05, 3.63) is 5.32 Å². The Morgan fingerprint density at radius 2 is 1.36 bits per heavy atom. The van der Waals surface area contributed by atoms with Crippen molar-refractivity contribution in [2.24, 2.45) is 0 Å². The smallest absolute Gasteiger partial charge is 0.0110 e. The van der Waals surface area contributed by atoms with Gasteiger partial charge in [-0.1, -0.05) is 34.1 Å². The zero-order chi connectivity index (χ0) is 16.1. The molecule has 1 aliphatic rings. The molecule has 1 fully saturated rings. The predicted molar refractivity (Wildman–Crippen MR) is 95.4 cm³/mol. The normalized spacial score (nSPS) is 16.4. The molecule has 0 aromatic carbocycles. The minimum atomic E-state index is 0. The van der Waals surface area contributed by atoms with E-state index >= 15 is 0 Å². The predicted octanol–water partition coefficient (Wildman–Crippen LogP) is 2.75. The minimum Gasteiger partial charge on any atom is -0.660 e. The minimum absolute atomic E-state index is 0. The van der Waals surface area contributed by atoms with Crippen LogP contribution in [0.1, 0.15) is 40.5 Å². The third-order valence-corrected chi connectivity index (χ3v) is 3.67. The zero-order valence-corrected chi connectivity index (χ0v) is 18.9. The van der Waals surface area contributed by atoms with Gasteiger partial charge in [0.25, 0.3) is 0 Å². The molecule has 4 nitrogen and oxygen atoms in total. The molecule has 0 aromatic heterocycles. The molecule has 5 heteroatoms. The van der Waals surface area contributed by atoms with Crippen LogP contribution < -0.4 is 0 Å². The SMILES string of the molecule is CC.CC(C)[N-]CCCN1CCN(CCCN(C)C)CC1.[Y]. The van der Waals surface area contributed by atoms with Crippen LogP contribution in [-0.4, -0.2) is 87.2 Å². The van der Waals surface area contributed by atoms with Gasteiger partial charge in [0.15, 0.2) is 0 Å². The molecule has 0 aromatic rings. The molecule has 0 aliphatic carbocycles. The first kappa shape index (κ1) is 25.2. The first-order chi connectivity index (χ1) is 10.1. The van der Waals surface area contributed by atoms with Gasteiger partial charge in [-0.3, -0.25) is 0 Å². The topological polar surface area (TPSA) is 23.8 Å². The van der Waals surface area contributed by atoms with Crippen molar-refractivity contribution >= 4 is 0 Å². The van der Waals surface area contributed by atoms with E-state index in [1.54, 1.807) is 0 Å². The molecule has 0 spiro atoms. The van der Waals surface area contributed by atoms with Gasteiger partial charge < -0.3 is 20.0 Å². The summed E-state index contributed by atoms with van der Waals surface area (Å²) in [5, 5.41) is 4.54. The van der Waals surface area contributed by atoms with Crippen LogP contribution >= 0.6 is 0 Å². The number of rotatable bonds is 9. The van der Waals surface area contributed by atoms with Crippen molar-refractivity contribution in [1.82, 2.24) is 14.7 Å². The number of piperazine rings is 1. The number of hydrogen-bond donors (Lipinski definition) is 0. The van der Waals surface area contributed by atoms with Crippen LogP contribution in [0.2, 0.25) is 0 Å². The van der Waals surface area contributed by atoms with Gasteiger partial charge in [0.2, 0.25) is 0 Å². The summed E-state index contributed by atoms with van der Waals surface area (Å²) in [7, 11) is 4.31. The molecule has 0 unspecified atom stereocenters. The summed E-state index contributed by atoms with van der Waals surface area (Å²) < 4.78 is 0. The van der Waals surface area contributed by atoms with Crippen molar-refractivity contribution in [3.63, 3.8) is 0 Å². The molecule has 1 rings (SSSR count). The van der Waals surface area contributed by atoms with Crippen LogP contribution in [-0.2, 0) is 32.7 Å². The molecule has 1 heterocycles. The van der Waals surface area contributed by atoms with E-state index < -0.39 is 0 Å². The van der Waals surface area contributed by atoms with E-state index in [1.165, 1.54) is 58.7 Å². The van der Waals surface area contributed by atoms with Gasteiger partial charge in [-0.05, 0) is 40.2 Å². The van der Waals surface area contributed by atoms with E-state index in [-0.39, 0.29) is 32.7 Å². The van der Waals surface area contributed by atoms with Crippen LogP contribution in [0, 0.1) is 0 Å². The summed E-state index contributed by atoms with van der Waals surface area (Å²) in [6.45, 7) is 18.0. The van der Waals surface area contributed by atoms with E-state index in [0.717, 1.165) is 6.54 Å². The second-order valence-corrected chi connectivity index (χ2v) is 6.19. The molecular formula is C17H39N4Y-. The Morgan fingerprint density at radius 1 is 0.909 bits per heavy atom. The average Bonchev–Trinajstić information content (AvgIpc) is 2.47. The fraction of sp³-hybridized carbons (Fsp3) is 1.00. The maximum Gasteiger partial charge on any atom is 0.0110 e.